The molecule has 1 N–H and O–H groups in total. The molecule has 130 valence electrons. The number of aryl methyl sites for hydroxylation is 1. The van der Waals surface area contributed by atoms with E-state index in [1.54, 1.807) is 0 Å². The van der Waals surface area contributed by atoms with Crippen LogP contribution in [0.25, 0.3) is 0 Å². The first kappa shape index (κ1) is 18.2. The molecule has 0 saturated carbocycles. The van der Waals surface area contributed by atoms with E-state index in [0.717, 1.165) is 24.3 Å². The van der Waals surface area contributed by atoms with E-state index in [0.29, 0.717) is 26.2 Å². The molecule has 1 fully saturated rings. The topological polar surface area (TPSA) is 59.4 Å². The third-order valence-electron chi connectivity index (χ3n) is 3.51. The number of nitrogens with one attached hydrogen (secondary N) is 1. The molecule has 1 aliphatic rings. The largest absolute Gasteiger partial charge is 0.436 e. The Hall–Kier alpha value is -1.13. The number of rotatable bonds is 5. The van der Waals surface area contributed by atoms with Gasteiger partial charge in [-0.05, 0) is 28.9 Å². The van der Waals surface area contributed by atoms with Gasteiger partial charge in [0, 0.05) is 26.7 Å². The summed E-state index contributed by atoms with van der Waals surface area (Å²) in [6.45, 7) is 4.31. The molecule has 10 heteroatoms. The Morgan fingerprint density at radius 2 is 2.04 bits per heavy atom. The van der Waals surface area contributed by atoms with Crippen LogP contribution in [0.3, 0.4) is 0 Å². The second-order valence-corrected chi connectivity index (χ2v) is 5.99. The van der Waals surface area contributed by atoms with E-state index in [-0.39, 0.29) is 10.2 Å². The van der Waals surface area contributed by atoms with Gasteiger partial charge in [0.25, 0.3) is 5.91 Å². The number of morpholine rings is 1. The smallest absolute Gasteiger partial charge is 0.379 e. The van der Waals surface area contributed by atoms with E-state index in [1.807, 2.05) is 0 Å². The van der Waals surface area contributed by atoms with E-state index < -0.39 is 17.8 Å². The molecular formula is C13H18BrF3N4O2. The van der Waals surface area contributed by atoms with Crippen molar-refractivity contribution in [3.05, 3.63) is 15.9 Å². The third kappa shape index (κ3) is 4.67. The van der Waals surface area contributed by atoms with E-state index in [9.17, 15) is 18.0 Å². The highest BCUT2D eigenvalue weighted by atomic mass is 79.9. The van der Waals surface area contributed by atoms with Crippen LogP contribution in [-0.4, -0.2) is 60.0 Å². The highest BCUT2D eigenvalue weighted by molar-refractivity contribution is 9.10. The fourth-order valence-electron chi connectivity index (χ4n) is 2.34. The maximum atomic E-state index is 12.8. The zero-order valence-electron chi connectivity index (χ0n) is 12.6. The minimum atomic E-state index is -4.61. The summed E-state index contributed by atoms with van der Waals surface area (Å²) in [7, 11) is 1.31. The van der Waals surface area contributed by atoms with E-state index in [4.69, 9.17) is 4.74 Å². The van der Waals surface area contributed by atoms with Crippen molar-refractivity contribution >= 4 is 21.8 Å². The molecule has 23 heavy (non-hydrogen) atoms. The second-order valence-electron chi connectivity index (χ2n) is 5.20. The van der Waals surface area contributed by atoms with Crippen LogP contribution in [0.5, 0.6) is 0 Å². The molecule has 0 unspecified atom stereocenters. The Kier molecular flexibility index (Phi) is 6.04. The Bertz CT molecular complexity index is 556. The van der Waals surface area contributed by atoms with Crippen LogP contribution >= 0.6 is 15.9 Å². The summed E-state index contributed by atoms with van der Waals surface area (Å²) in [5.74, 6) is -0.579. The van der Waals surface area contributed by atoms with Crippen molar-refractivity contribution in [2.75, 3.05) is 39.4 Å². The number of ether oxygens (including phenoxy) is 1. The minimum absolute atomic E-state index is 0.135. The molecule has 6 nitrogen and oxygen atoms in total. The van der Waals surface area contributed by atoms with Gasteiger partial charge in [0.2, 0.25) is 0 Å². The fraction of sp³-hybridized carbons (Fsp3) is 0.692. The van der Waals surface area contributed by atoms with E-state index in [2.05, 4.69) is 31.2 Å². The number of hydrogen-bond donors (Lipinski definition) is 1. The van der Waals surface area contributed by atoms with Gasteiger partial charge in [-0.25, -0.2) is 0 Å². The zero-order valence-corrected chi connectivity index (χ0v) is 14.2. The summed E-state index contributed by atoms with van der Waals surface area (Å²) in [5, 5.41) is 6.00. The van der Waals surface area contributed by atoms with Gasteiger partial charge in [0.1, 0.15) is 5.69 Å². The van der Waals surface area contributed by atoms with Gasteiger partial charge in [0.05, 0.1) is 17.7 Å². The minimum Gasteiger partial charge on any atom is -0.379 e. The molecule has 0 atom stereocenters. The van der Waals surface area contributed by atoms with Gasteiger partial charge in [-0.2, -0.15) is 18.3 Å². The number of halogens is 4. The lowest BCUT2D eigenvalue weighted by Crippen LogP contribution is -2.38. The molecule has 1 amide bonds. The van der Waals surface area contributed by atoms with Crippen LogP contribution in [-0.2, 0) is 18.0 Å². The van der Waals surface area contributed by atoms with Crippen LogP contribution in [0.1, 0.15) is 22.6 Å². The highest BCUT2D eigenvalue weighted by Gasteiger charge is 2.39. The average molecular weight is 399 g/mol. The molecule has 1 aromatic heterocycles. The molecule has 1 aliphatic heterocycles. The summed E-state index contributed by atoms with van der Waals surface area (Å²) in [5.41, 5.74) is -1.23. The van der Waals surface area contributed by atoms with Crippen LogP contribution in [0.4, 0.5) is 13.2 Å². The Balaban J connectivity index is 1.87. The van der Waals surface area contributed by atoms with Crippen molar-refractivity contribution in [3.63, 3.8) is 0 Å². The predicted molar refractivity (Wildman–Crippen MR) is 80.1 cm³/mol. The molecule has 0 aromatic carbocycles. The fourth-order valence-corrected chi connectivity index (χ4v) is 3.08. The molecular weight excluding hydrogens is 381 g/mol. The van der Waals surface area contributed by atoms with Gasteiger partial charge in [-0.3, -0.25) is 14.4 Å². The number of carbonyl (C=O) groups excluding carboxylic acids is 1. The van der Waals surface area contributed by atoms with E-state index in [1.165, 1.54) is 7.05 Å². The van der Waals surface area contributed by atoms with Crippen LogP contribution in [0.15, 0.2) is 4.47 Å². The Morgan fingerprint density at radius 3 is 2.61 bits per heavy atom. The molecule has 0 bridgehead atoms. The molecule has 2 rings (SSSR count). The molecule has 1 aromatic rings. The highest BCUT2D eigenvalue weighted by Crippen LogP contribution is 2.35. The number of alkyl halides is 3. The SMILES string of the molecule is Cn1nc(C(F)(F)F)c(Br)c1C(=O)NCCCN1CCOCC1. The summed E-state index contributed by atoms with van der Waals surface area (Å²) in [6.07, 6.45) is -3.89. The quantitative estimate of drug-likeness (QED) is 0.766. The van der Waals surface area contributed by atoms with Crippen molar-refractivity contribution in [2.45, 2.75) is 12.6 Å². The number of carbonyl (C=O) groups is 1. The van der Waals surface area contributed by atoms with E-state index >= 15 is 0 Å². The first-order chi connectivity index (χ1) is 10.8. The average Bonchev–Trinajstić information content (AvgIpc) is 2.79. The third-order valence-corrected chi connectivity index (χ3v) is 4.26. The molecule has 1 saturated heterocycles. The summed E-state index contributed by atoms with van der Waals surface area (Å²) < 4.78 is 44.1. The summed E-state index contributed by atoms with van der Waals surface area (Å²) in [6, 6.07) is 0. The number of aromatic nitrogens is 2. The molecule has 0 radical (unpaired) electrons. The van der Waals surface area contributed by atoms with Crippen LogP contribution in [0.2, 0.25) is 0 Å². The monoisotopic (exact) mass is 398 g/mol. The lowest BCUT2D eigenvalue weighted by molar-refractivity contribution is -0.142. The van der Waals surface area contributed by atoms with Gasteiger partial charge < -0.3 is 10.1 Å². The molecule has 0 spiro atoms. The molecule has 0 aliphatic carbocycles. The summed E-state index contributed by atoms with van der Waals surface area (Å²) >= 11 is 2.82. The van der Waals surface area contributed by atoms with Crippen molar-refractivity contribution in [2.24, 2.45) is 7.05 Å². The molecule has 2 heterocycles. The van der Waals surface area contributed by atoms with Crippen molar-refractivity contribution < 1.29 is 22.7 Å². The first-order valence-corrected chi connectivity index (χ1v) is 7.98. The van der Waals surface area contributed by atoms with Gasteiger partial charge >= 0.3 is 6.18 Å². The van der Waals surface area contributed by atoms with Gasteiger partial charge in [-0.1, -0.05) is 0 Å². The van der Waals surface area contributed by atoms with Crippen LogP contribution in [0, 0.1) is 0 Å². The number of hydrogen-bond acceptors (Lipinski definition) is 4. The summed E-state index contributed by atoms with van der Waals surface area (Å²) in [4.78, 5) is 14.3. The van der Waals surface area contributed by atoms with Crippen molar-refractivity contribution in [1.82, 2.24) is 20.0 Å². The Morgan fingerprint density at radius 1 is 1.39 bits per heavy atom. The Labute approximate surface area is 140 Å². The van der Waals surface area contributed by atoms with Gasteiger partial charge in [0.15, 0.2) is 5.69 Å². The lowest BCUT2D eigenvalue weighted by atomic mass is 10.3. The van der Waals surface area contributed by atoms with Gasteiger partial charge in [-0.15, -0.1) is 0 Å². The maximum absolute atomic E-state index is 12.8. The number of nitrogens with zero attached hydrogens (tertiary/aromatic N) is 3. The number of amides is 1. The lowest BCUT2D eigenvalue weighted by Gasteiger charge is -2.26. The van der Waals surface area contributed by atoms with Crippen molar-refractivity contribution in [3.8, 4) is 0 Å². The van der Waals surface area contributed by atoms with Crippen LogP contribution < -0.4 is 5.32 Å². The normalized spacial score (nSPS) is 16.6. The first-order valence-electron chi connectivity index (χ1n) is 7.18. The predicted octanol–water partition coefficient (Wildman–Crippen LogP) is 1.65. The standard InChI is InChI=1S/C13H18BrF3N4O2/c1-20-10(9(14)11(19-20)13(15,16)17)12(22)18-3-2-4-21-5-7-23-8-6-21/h2-8H2,1H3,(H,18,22). The maximum Gasteiger partial charge on any atom is 0.436 e. The zero-order chi connectivity index (χ0) is 17.0. The van der Waals surface area contributed by atoms with Crippen molar-refractivity contribution in [1.29, 1.82) is 0 Å². The second kappa shape index (κ2) is 7.63.